The van der Waals surface area contributed by atoms with E-state index in [9.17, 15) is 4.79 Å². The van der Waals surface area contributed by atoms with Gasteiger partial charge in [0.25, 0.3) is 0 Å². The lowest BCUT2D eigenvalue weighted by atomic mass is 10.2. The van der Waals surface area contributed by atoms with E-state index in [1.165, 1.54) is 4.90 Å². The number of terminal acetylenes is 1. The van der Waals surface area contributed by atoms with Gasteiger partial charge < -0.3 is 47.5 Å². The maximum Gasteiger partial charge on any atom is 0.410 e. The molecule has 0 unspecified atom stereocenters. The van der Waals surface area contributed by atoms with Gasteiger partial charge in [-0.15, -0.1) is 6.42 Å². The molecule has 0 aromatic rings. The predicted octanol–water partition coefficient (Wildman–Crippen LogP) is 1.62. The monoisotopic (exact) mass is 521 g/mol. The van der Waals surface area contributed by atoms with Crippen LogP contribution in [0.5, 0.6) is 0 Å². The number of amides is 1. The highest BCUT2D eigenvalue weighted by molar-refractivity contribution is 5.67. The molecule has 0 spiro atoms. The van der Waals surface area contributed by atoms with Crippen LogP contribution >= 0.6 is 0 Å². The maximum atomic E-state index is 11.8. The molecule has 1 amide bonds. The van der Waals surface area contributed by atoms with Crippen LogP contribution in [0.3, 0.4) is 0 Å². The average molecular weight is 522 g/mol. The predicted molar refractivity (Wildman–Crippen MR) is 134 cm³/mol. The Morgan fingerprint density at radius 1 is 0.611 bits per heavy atom. The van der Waals surface area contributed by atoms with Gasteiger partial charge in [0, 0.05) is 13.6 Å². The van der Waals surface area contributed by atoms with Crippen LogP contribution in [-0.4, -0.2) is 136 Å². The Labute approximate surface area is 216 Å². The van der Waals surface area contributed by atoms with E-state index in [1.54, 1.807) is 7.05 Å². The van der Waals surface area contributed by atoms with E-state index in [2.05, 4.69) is 5.92 Å². The van der Waals surface area contributed by atoms with Gasteiger partial charge in [-0.2, -0.15) is 0 Å². The van der Waals surface area contributed by atoms with Gasteiger partial charge in [0.05, 0.1) is 99.1 Å². The smallest absolute Gasteiger partial charge is 0.410 e. The first-order valence-corrected chi connectivity index (χ1v) is 12.4. The van der Waals surface area contributed by atoms with Gasteiger partial charge in [-0.25, -0.2) is 4.79 Å². The second kappa shape index (κ2) is 25.2. The fourth-order valence-electron chi connectivity index (χ4n) is 2.30. The Morgan fingerprint density at radius 3 is 1.22 bits per heavy atom. The number of hydrogen-bond donors (Lipinski definition) is 0. The Hall–Kier alpha value is -1.49. The molecule has 0 rings (SSSR count). The zero-order valence-corrected chi connectivity index (χ0v) is 22.6. The summed E-state index contributed by atoms with van der Waals surface area (Å²) in [6.07, 6.45) is 4.70. The number of nitrogens with zero attached hydrogens (tertiary/aromatic N) is 1. The number of carbonyl (C=O) groups is 1. The summed E-state index contributed by atoms with van der Waals surface area (Å²) in [6, 6.07) is 0. The summed E-state index contributed by atoms with van der Waals surface area (Å²) in [5.74, 6) is 2.39. The van der Waals surface area contributed by atoms with E-state index < -0.39 is 5.60 Å². The minimum Gasteiger partial charge on any atom is -0.444 e. The summed E-state index contributed by atoms with van der Waals surface area (Å²) in [6.45, 7) is 13.6. The van der Waals surface area contributed by atoms with E-state index in [-0.39, 0.29) is 6.09 Å². The first-order valence-electron chi connectivity index (χ1n) is 12.4. The van der Waals surface area contributed by atoms with E-state index in [1.807, 2.05) is 20.8 Å². The largest absolute Gasteiger partial charge is 0.444 e. The first kappa shape index (κ1) is 34.5. The molecule has 0 N–H and O–H groups in total. The summed E-state index contributed by atoms with van der Waals surface area (Å²) in [4.78, 5) is 13.3. The molecular formula is C25H47NO10. The van der Waals surface area contributed by atoms with E-state index >= 15 is 0 Å². The Morgan fingerprint density at radius 2 is 0.917 bits per heavy atom. The Balaban J connectivity index is 3.18. The zero-order chi connectivity index (χ0) is 26.7. The highest BCUT2D eigenvalue weighted by atomic mass is 16.6. The van der Waals surface area contributed by atoms with Crippen molar-refractivity contribution in [3.8, 4) is 12.3 Å². The van der Waals surface area contributed by atoms with Crippen molar-refractivity contribution in [1.82, 2.24) is 4.90 Å². The van der Waals surface area contributed by atoms with Crippen molar-refractivity contribution in [1.29, 1.82) is 0 Å². The standard InChI is InChI=1S/C25H47NO10/c1-6-8-28-10-12-30-14-16-32-18-20-34-22-23-35-21-19-33-17-15-31-13-11-29-9-7-26(5)24(27)36-25(2,3)4/h1H,7-23H2,2-5H3. The second-order valence-electron chi connectivity index (χ2n) is 8.45. The van der Waals surface area contributed by atoms with Gasteiger partial charge in [-0.05, 0) is 20.8 Å². The van der Waals surface area contributed by atoms with Crippen molar-refractivity contribution in [3.05, 3.63) is 0 Å². The van der Waals surface area contributed by atoms with Crippen LogP contribution in [-0.2, 0) is 42.6 Å². The molecule has 0 aliphatic heterocycles. The number of rotatable bonds is 25. The van der Waals surface area contributed by atoms with Crippen LogP contribution in [0.4, 0.5) is 4.79 Å². The third kappa shape index (κ3) is 27.1. The molecule has 0 aromatic heterocycles. The summed E-state index contributed by atoms with van der Waals surface area (Å²) in [7, 11) is 1.68. The summed E-state index contributed by atoms with van der Waals surface area (Å²) >= 11 is 0. The van der Waals surface area contributed by atoms with Crippen molar-refractivity contribution in [2.45, 2.75) is 26.4 Å². The van der Waals surface area contributed by atoms with E-state index in [0.717, 1.165) is 0 Å². The summed E-state index contributed by atoms with van der Waals surface area (Å²) in [5, 5.41) is 0. The van der Waals surface area contributed by atoms with Crippen LogP contribution in [0.25, 0.3) is 0 Å². The van der Waals surface area contributed by atoms with Gasteiger partial charge in [-0.1, -0.05) is 5.92 Å². The molecule has 0 atom stereocenters. The van der Waals surface area contributed by atoms with Gasteiger partial charge in [0.1, 0.15) is 12.2 Å². The second-order valence-corrected chi connectivity index (χ2v) is 8.45. The van der Waals surface area contributed by atoms with Crippen LogP contribution in [0, 0.1) is 12.3 Å². The van der Waals surface area contributed by atoms with Crippen LogP contribution in [0.2, 0.25) is 0 Å². The number of carbonyl (C=O) groups excluding carboxylic acids is 1. The van der Waals surface area contributed by atoms with Gasteiger partial charge >= 0.3 is 6.09 Å². The third-order valence-corrected chi connectivity index (χ3v) is 4.07. The molecule has 11 nitrogen and oxygen atoms in total. The topological polar surface area (TPSA) is 103 Å². The lowest BCUT2D eigenvalue weighted by molar-refractivity contribution is -0.0230. The van der Waals surface area contributed by atoms with Crippen molar-refractivity contribution < 1.29 is 47.4 Å². The SMILES string of the molecule is C#CCOCCOCCOCCOCCOCCOCCOCCOCCN(C)C(=O)OC(C)(C)C. The molecule has 0 aromatic carbocycles. The number of likely N-dealkylation sites (N-methyl/N-ethyl adjacent to an activating group) is 1. The fourth-order valence-corrected chi connectivity index (χ4v) is 2.30. The van der Waals surface area contributed by atoms with Gasteiger partial charge in [-0.3, -0.25) is 0 Å². The highest BCUT2D eigenvalue weighted by Gasteiger charge is 2.19. The molecule has 0 heterocycles. The van der Waals surface area contributed by atoms with E-state index in [4.69, 9.17) is 49.1 Å². The molecule has 0 saturated heterocycles. The Kier molecular flexibility index (Phi) is 24.1. The maximum absolute atomic E-state index is 11.8. The van der Waals surface area contributed by atoms with E-state index in [0.29, 0.717) is 112 Å². The number of ether oxygens (including phenoxy) is 9. The molecule has 0 fully saturated rings. The molecule has 0 saturated carbocycles. The fraction of sp³-hybridized carbons (Fsp3) is 0.880. The highest BCUT2D eigenvalue weighted by Crippen LogP contribution is 2.08. The molecular weight excluding hydrogens is 474 g/mol. The first-order chi connectivity index (χ1) is 17.4. The molecule has 0 aliphatic rings. The lowest BCUT2D eigenvalue weighted by Gasteiger charge is -2.24. The Bertz CT molecular complexity index is 536. The molecule has 0 radical (unpaired) electrons. The lowest BCUT2D eigenvalue weighted by Crippen LogP contribution is -2.36. The van der Waals surface area contributed by atoms with Gasteiger partial charge in [0.15, 0.2) is 0 Å². The zero-order valence-electron chi connectivity index (χ0n) is 22.6. The quantitative estimate of drug-likeness (QED) is 0.130. The normalized spacial score (nSPS) is 11.4. The van der Waals surface area contributed by atoms with Gasteiger partial charge in [0.2, 0.25) is 0 Å². The minimum absolute atomic E-state index is 0.306. The molecule has 0 bridgehead atoms. The molecule has 36 heavy (non-hydrogen) atoms. The molecule has 0 aliphatic carbocycles. The summed E-state index contributed by atoms with van der Waals surface area (Å²) in [5.41, 5.74) is -0.505. The van der Waals surface area contributed by atoms with Crippen LogP contribution in [0.1, 0.15) is 20.8 Å². The van der Waals surface area contributed by atoms with Crippen LogP contribution < -0.4 is 0 Å². The minimum atomic E-state index is -0.505. The number of hydrogen-bond acceptors (Lipinski definition) is 10. The van der Waals surface area contributed by atoms with Crippen molar-refractivity contribution in [2.24, 2.45) is 0 Å². The summed E-state index contributed by atoms with van der Waals surface area (Å²) < 4.78 is 48.3. The molecule has 212 valence electrons. The van der Waals surface area contributed by atoms with Crippen molar-refractivity contribution in [3.63, 3.8) is 0 Å². The third-order valence-electron chi connectivity index (χ3n) is 4.07. The molecule has 11 heteroatoms. The average Bonchev–Trinajstić information content (AvgIpc) is 2.82. The van der Waals surface area contributed by atoms with Crippen molar-refractivity contribution >= 4 is 6.09 Å². The van der Waals surface area contributed by atoms with Crippen LogP contribution in [0.15, 0.2) is 0 Å². The van der Waals surface area contributed by atoms with Crippen molar-refractivity contribution in [2.75, 3.05) is 119 Å².